The Morgan fingerprint density at radius 1 is 1.08 bits per heavy atom. The fourth-order valence-electron chi connectivity index (χ4n) is 3.50. The number of piperazine rings is 1. The molecule has 2 saturated heterocycles. The van der Waals surface area contributed by atoms with Gasteiger partial charge in [0.1, 0.15) is 5.75 Å². The molecule has 1 N–H and O–H groups in total. The van der Waals surface area contributed by atoms with Gasteiger partial charge in [-0.1, -0.05) is 0 Å². The van der Waals surface area contributed by atoms with Gasteiger partial charge in [0.25, 0.3) is 0 Å². The van der Waals surface area contributed by atoms with Crippen molar-refractivity contribution >= 4 is 11.6 Å². The number of aromatic hydroxyl groups is 1. The lowest BCUT2D eigenvalue weighted by atomic mass is 10.2. The van der Waals surface area contributed by atoms with E-state index in [9.17, 15) is 9.90 Å². The maximum Gasteiger partial charge on any atom is 0.236 e. The monoisotopic (exact) mass is 333 g/mol. The van der Waals surface area contributed by atoms with E-state index < -0.39 is 0 Å². The van der Waals surface area contributed by atoms with Gasteiger partial charge in [0, 0.05) is 45.0 Å². The van der Waals surface area contributed by atoms with Gasteiger partial charge in [-0.3, -0.25) is 9.69 Å². The lowest BCUT2D eigenvalue weighted by Gasteiger charge is -2.39. The smallest absolute Gasteiger partial charge is 0.236 e. The van der Waals surface area contributed by atoms with Crippen LogP contribution in [0, 0.1) is 0 Å². The molecule has 2 aliphatic heterocycles. The molecule has 3 rings (SSSR count). The first-order valence-corrected chi connectivity index (χ1v) is 8.71. The van der Waals surface area contributed by atoms with E-state index in [0.717, 1.165) is 31.9 Å². The van der Waals surface area contributed by atoms with Gasteiger partial charge in [-0.15, -0.1) is 0 Å². The molecule has 0 aliphatic carbocycles. The first-order chi connectivity index (χ1) is 11.5. The molecule has 0 spiro atoms. The highest BCUT2D eigenvalue weighted by Gasteiger charge is 2.27. The summed E-state index contributed by atoms with van der Waals surface area (Å²) in [4.78, 5) is 19.0. The maximum absolute atomic E-state index is 12.5. The Bertz CT molecular complexity index is 545. The number of carbonyl (C=O) groups excluding carboxylic acids is 1. The van der Waals surface area contributed by atoms with Gasteiger partial charge in [0.2, 0.25) is 5.91 Å². The standard InChI is InChI=1S/C18H27N3O3/c1-14-11-21(12-15(2)24-14)18(23)13-19-7-9-20(10-8-19)16-3-5-17(22)6-4-16/h3-6,14-15,22H,7-13H2,1-2H3. The van der Waals surface area contributed by atoms with Crippen LogP contribution in [0.3, 0.4) is 0 Å². The van der Waals surface area contributed by atoms with Crippen LogP contribution in [0.25, 0.3) is 0 Å². The quantitative estimate of drug-likeness (QED) is 0.899. The van der Waals surface area contributed by atoms with E-state index in [1.165, 1.54) is 0 Å². The molecule has 2 heterocycles. The van der Waals surface area contributed by atoms with Crippen molar-refractivity contribution in [2.24, 2.45) is 0 Å². The number of phenolic OH excluding ortho intramolecular Hbond substituents is 1. The summed E-state index contributed by atoms with van der Waals surface area (Å²) >= 11 is 0. The molecular formula is C18H27N3O3. The van der Waals surface area contributed by atoms with Gasteiger partial charge in [-0.05, 0) is 38.1 Å². The molecule has 0 bridgehead atoms. The minimum absolute atomic E-state index is 0.115. The Hall–Kier alpha value is -1.79. The van der Waals surface area contributed by atoms with Crippen LogP contribution in [0.5, 0.6) is 5.75 Å². The summed E-state index contributed by atoms with van der Waals surface area (Å²) in [5.41, 5.74) is 1.12. The lowest BCUT2D eigenvalue weighted by Crippen LogP contribution is -2.53. The minimum Gasteiger partial charge on any atom is -0.508 e. The van der Waals surface area contributed by atoms with E-state index in [1.54, 1.807) is 12.1 Å². The number of benzene rings is 1. The zero-order chi connectivity index (χ0) is 17.1. The molecule has 0 radical (unpaired) electrons. The summed E-state index contributed by atoms with van der Waals surface area (Å²) in [7, 11) is 0. The summed E-state index contributed by atoms with van der Waals surface area (Å²) in [6.45, 7) is 9.46. The van der Waals surface area contributed by atoms with Crippen molar-refractivity contribution in [3.05, 3.63) is 24.3 Å². The van der Waals surface area contributed by atoms with E-state index in [1.807, 2.05) is 30.9 Å². The second-order valence-corrected chi connectivity index (χ2v) is 6.84. The van der Waals surface area contributed by atoms with Crippen molar-refractivity contribution in [3.63, 3.8) is 0 Å². The third-order valence-corrected chi connectivity index (χ3v) is 4.72. The van der Waals surface area contributed by atoms with Gasteiger partial charge in [-0.2, -0.15) is 0 Å². The van der Waals surface area contributed by atoms with Crippen LogP contribution in [-0.4, -0.2) is 78.8 Å². The van der Waals surface area contributed by atoms with Crippen molar-refractivity contribution in [1.82, 2.24) is 9.80 Å². The summed E-state index contributed by atoms with van der Waals surface area (Å²) in [5.74, 6) is 0.493. The average molecular weight is 333 g/mol. The van der Waals surface area contributed by atoms with Crippen LogP contribution in [0.2, 0.25) is 0 Å². The third kappa shape index (κ3) is 4.19. The average Bonchev–Trinajstić information content (AvgIpc) is 2.55. The molecule has 1 amide bonds. The first-order valence-electron chi connectivity index (χ1n) is 8.71. The second kappa shape index (κ2) is 7.40. The zero-order valence-electron chi connectivity index (χ0n) is 14.5. The van der Waals surface area contributed by atoms with Gasteiger partial charge in [0.15, 0.2) is 0 Å². The Balaban J connectivity index is 1.48. The zero-order valence-corrected chi connectivity index (χ0v) is 14.5. The number of nitrogens with zero attached hydrogens (tertiary/aromatic N) is 3. The Labute approximate surface area is 143 Å². The minimum atomic E-state index is 0.115. The molecule has 2 atom stereocenters. The Kier molecular flexibility index (Phi) is 5.26. The topological polar surface area (TPSA) is 56.3 Å². The molecule has 6 nitrogen and oxygen atoms in total. The largest absolute Gasteiger partial charge is 0.508 e. The second-order valence-electron chi connectivity index (χ2n) is 6.84. The molecule has 132 valence electrons. The first kappa shape index (κ1) is 17.0. The number of ether oxygens (including phenoxy) is 1. The lowest BCUT2D eigenvalue weighted by molar-refractivity contribution is -0.144. The number of hydrogen-bond donors (Lipinski definition) is 1. The highest BCUT2D eigenvalue weighted by molar-refractivity contribution is 5.78. The van der Waals surface area contributed by atoms with Gasteiger partial charge < -0.3 is 19.6 Å². The molecule has 24 heavy (non-hydrogen) atoms. The Morgan fingerprint density at radius 3 is 2.25 bits per heavy atom. The Morgan fingerprint density at radius 2 is 1.67 bits per heavy atom. The number of carbonyl (C=O) groups is 1. The molecule has 0 saturated carbocycles. The van der Waals surface area contributed by atoms with Crippen molar-refractivity contribution in [2.75, 3.05) is 50.7 Å². The van der Waals surface area contributed by atoms with Crippen LogP contribution in [-0.2, 0) is 9.53 Å². The number of anilines is 1. The van der Waals surface area contributed by atoms with Crippen LogP contribution in [0.15, 0.2) is 24.3 Å². The SMILES string of the molecule is CC1CN(C(=O)CN2CCN(c3ccc(O)cc3)CC2)CC(C)O1. The van der Waals surface area contributed by atoms with E-state index in [-0.39, 0.29) is 23.9 Å². The van der Waals surface area contributed by atoms with Crippen LogP contribution >= 0.6 is 0 Å². The predicted molar refractivity (Wildman–Crippen MR) is 93.3 cm³/mol. The summed E-state index contributed by atoms with van der Waals surface area (Å²) in [6.07, 6.45) is 0.230. The van der Waals surface area contributed by atoms with Crippen molar-refractivity contribution < 1.29 is 14.6 Å². The van der Waals surface area contributed by atoms with Crippen LogP contribution in [0.1, 0.15) is 13.8 Å². The molecule has 2 unspecified atom stereocenters. The molecule has 0 aromatic heterocycles. The van der Waals surface area contributed by atoms with Gasteiger partial charge in [-0.25, -0.2) is 0 Å². The molecular weight excluding hydrogens is 306 g/mol. The van der Waals surface area contributed by atoms with Crippen molar-refractivity contribution in [1.29, 1.82) is 0 Å². The molecule has 6 heteroatoms. The fourth-order valence-corrected chi connectivity index (χ4v) is 3.50. The molecule has 2 fully saturated rings. The normalized spacial score (nSPS) is 25.8. The molecule has 1 aromatic carbocycles. The highest BCUT2D eigenvalue weighted by Crippen LogP contribution is 2.20. The summed E-state index contributed by atoms with van der Waals surface area (Å²) in [5, 5.41) is 9.38. The van der Waals surface area contributed by atoms with E-state index >= 15 is 0 Å². The molecule has 2 aliphatic rings. The van der Waals surface area contributed by atoms with Crippen LogP contribution < -0.4 is 4.90 Å². The maximum atomic E-state index is 12.5. The van der Waals surface area contributed by atoms with Crippen LogP contribution in [0.4, 0.5) is 5.69 Å². The van der Waals surface area contributed by atoms with Crippen molar-refractivity contribution in [3.8, 4) is 5.75 Å². The number of morpholine rings is 1. The number of amides is 1. The highest BCUT2D eigenvalue weighted by atomic mass is 16.5. The summed E-state index contributed by atoms with van der Waals surface area (Å²) in [6, 6.07) is 7.30. The summed E-state index contributed by atoms with van der Waals surface area (Å²) < 4.78 is 5.70. The molecule has 1 aromatic rings. The van der Waals surface area contributed by atoms with E-state index in [0.29, 0.717) is 19.6 Å². The van der Waals surface area contributed by atoms with E-state index in [4.69, 9.17) is 4.74 Å². The van der Waals surface area contributed by atoms with Gasteiger partial charge in [0.05, 0.1) is 18.8 Å². The number of phenols is 1. The van der Waals surface area contributed by atoms with Gasteiger partial charge >= 0.3 is 0 Å². The van der Waals surface area contributed by atoms with E-state index in [2.05, 4.69) is 9.80 Å². The third-order valence-electron chi connectivity index (χ3n) is 4.72. The van der Waals surface area contributed by atoms with Crippen molar-refractivity contribution in [2.45, 2.75) is 26.1 Å². The number of rotatable bonds is 3. The number of hydrogen-bond acceptors (Lipinski definition) is 5. The predicted octanol–water partition coefficient (Wildman–Crippen LogP) is 1.15. The fraction of sp³-hybridized carbons (Fsp3) is 0.611.